The Hall–Kier alpha value is -0.0500. The summed E-state index contributed by atoms with van der Waals surface area (Å²) in [5, 5.41) is 4.07. The van der Waals surface area contributed by atoms with Crippen LogP contribution in [-0.4, -0.2) is 17.8 Å². The molecule has 1 aliphatic rings. The quantitative estimate of drug-likeness (QED) is 0.758. The van der Waals surface area contributed by atoms with E-state index in [2.05, 4.69) is 28.2 Å². The first-order chi connectivity index (χ1) is 6.74. The van der Waals surface area contributed by atoms with Crippen LogP contribution in [0.2, 0.25) is 0 Å². The van der Waals surface area contributed by atoms with E-state index in [9.17, 15) is 4.79 Å². The molecule has 2 nitrogen and oxygen atoms in total. The summed E-state index contributed by atoms with van der Waals surface area (Å²) in [5.41, 5.74) is 0. The summed E-state index contributed by atoms with van der Waals surface area (Å²) in [7, 11) is 0. The van der Waals surface area contributed by atoms with Gasteiger partial charge in [-0.25, -0.2) is 0 Å². The molecule has 3 heteroatoms. The van der Waals surface area contributed by atoms with E-state index in [-0.39, 0.29) is 5.91 Å². The molecule has 0 radical (unpaired) electrons. The minimum atomic E-state index is 0.281. The van der Waals surface area contributed by atoms with Crippen molar-refractivity contribution >= 4 is 21.8 Å². The second-order valence-corrected chi connectivity index (χ2v) is 5.10. The summed E-state index contributed by atoms with van der Waals surface area (Å²) >= 11 is 3.41. The van der Waals surface area contributed by atoms with Gasteiger partial charge in [-0.3, -0.25) is 4.79 Å². The van der Waals surface area contributed by atoms with Crippen molar-refractivity contribution in [1.82, 2.24) is 5.32 Å². The van der Waals surface area contributed by atoms with Crippen molar-refractivity contribution in [3.63, 3.8) is 0 Å². The molecule has 82 valence electrons. The third-order valence-corrected chi connectivity index (χ3v) is 3.41. The van der Waals surface area contributed by atoms with Crippen LogP contribution >= 0.6 is 15.9 Å². The van der Waals surface area contributed by atoms with Crippen LogP contribution in [0.3, 0.4) is 0 Å². The molecule has 1 amide bonds. The highest BCUT2D eigenvalue weighted by Gasteiger charge is 2.22. The lowest BCUT2D eigenvalue weighted by Gasteiger charge is -2.14. The van der Waals surface area contributed by atoms with Crippen LogP contribution in [-0.2, 0) is 4.79 Å². The zero-order valence-electron chi connectivity index (χ0n) is 8.89. The topological polar surface area (TPSA) is 29.1 Å². The van der Waals surface area contributed by atoms with Gasteiger partial charge in [-0.1, -0.05) is 35.7 Å². The number of rotatable bonds is 5. The van der Waals surface area contributed by atoms with Gasteiger partial charge < -0.3 is 5.32 Å². The van der Waals surface area contributed by atoms with Crippen molar-refractivity contribution in [3.8, 4) is 0 Å². The van der Waals surface area contributed by atoms with Crippen LogP contribution in [0.1, 0.15) is 39.0 Å². The van der Waals surface area contributed by atoms with Gasteiger partial charge in [-0.05, 0) is 25.2 Å². The van der Waals surface area contributed by atoms with Gasteiger partial charge in [0.15, 0.2) is 0 Å². The molecule has 0 aromatic rings. The van der Waals surface area contributed by atoms with Gasteiger partial charge in [-0.15, -0.1) is 0 Å². The van der Waals surface area contributed by atoms with Gasteiger partial charge in [0.25, 0.3) is 0 Å². The highest BCUT2D eigenvalue weighted by atomic mass is 79.9. The molecule has 1 N–H and O–H groups in total. The van der Waals surface area contributed by atoms with Gasteiger partial charge in [0, 0.05) is 17.8 Å². The molecule has 0 aromatic heterocycles. The van der Waals surface area contributed by atoms with Crippen LogP contribution in [0, 0.1) is 11.8 Å². The molecule has 1 rings (SSSR count). The number of amides is 1. The second kappa shape index (κ2) is 6.44. The third-order valence-electron chi connectivity index (χ3n) is 2.95. The fourth-order valence-electron chi connectivity index (χ4n) is 1.90. The van der Waals surface area contributed by atoms with Gasteiger partial charge in [0.1, 0.15) is 0 Å². The lowest BCUT2D eigenvalue weighted by molar-refractivity contribution is -0.124. The van der Waals surface area contributed by atoms with Crippen LogP contribution in [0.5, 0.6) is 0 Å². The Morgan fingerprint density at radius 3 is 2.71 bits per heavy atom. The van der Waals surface area contributed by atoms with Crippen LogP contribution in [0.15, 0.2) is 0 Å². The van der Waals surface area contributed by atoms with E-state index < -0.39 is 0 Å². The summed E-state index contributed by atoms with van der Waals surface area (Å²) < 4.78 is 0. The monoisotopic (exact) mass is 261 g/mol. The predicted octanol–water partition coefficient (Wildman–Crippen LogP) is 2.71. The number of nitrogens with one attached hydrogen (secondary N) is 1. The fourth-order valence-corrected chi connectivity index (χ4v) is 2.68. The van der Waals surface area contributed by atoms with Crippen molar-refractivity contribution in [2.24, 2.45) is 11.8 Å². The van der Waals surface area contributed by atoms with Crippen LogP contribution in [0.4, 0.5) is 0 Å². The average molecular weight is 262 g/mol. The predicted molar refractivity (Wildman–Crippen MR) is 62.5 cm³/mol. The highest BCUT2D eigenvalue weighted by Crippen LogP contribution is 2.24. The van der Waals surface area contributed by atoms with Gasteiger partial charge in [0.2, 0.25) is 5.91 Å². The summed E-state index contributed by atoms with van der Waals surface area (Å²) in [4.78, 5) is 11.6. The molecule has 0 heterocycles. The average Bonchev–Trinajstić information content (AvgIpc) is 2.67. The maximum absolute atomic E-state index is 11.6. The molecular weight excluding hydrogens is 242 g/mol. The molecule has 1 unspecified atom stereocenters. The second-order valence-electron chi connectivity index (χ2n) is 4.31. The number of carbonyl (C=O) groups is 1. The third kappa shape index (κ3) is 3.99. The summed E-state index contributed by atoms with van der Waals surface area (Å²) in [6.07, 6.45) is 5.78. The summed E-state index contributed by atoms with van der Waals surface area (Å²) in [5.74, 6) is 1.18. The van der Waals surface area contributed by atoms with E-state index in [0.717, 1.165) is 31.1 Å². The molecule has 0 saturated heterocycles. The minimum absolute atomic E-state index is 0.281. The van der Waals surface area contributed by atoms with E-state index in [0.29, 0.717) is 11.8 Å². The van der Waals surface area contributed by atoms with E-state index in [4.69, 9.17) is 0 Å². The Bertz CT molecular complexity index is 178. The normalized spacial score (nSPS) is 19.6. The van der Waals surface area contributed by atoms with Gasteiger partial charge in [-0.2, -0.15) is 0 Å². The molecule has 1 saturated carbocycles. The zero-order valence-corrected chi connectivity index (χ0v) is 10.5. The Morgan fingerprint density at radius 1 is 1.50 bits per heavy atom. The largest absolute Gasteiger partial charge is 0.356 e. The van der Waals surface area contributed by atoms with Crippen LogP contribution in [0.25, 0.3) is 0 Å². The molecule has 0 bridgehead atoms. The molecule has 0 aromatic carbocycles. The fraction of sp³-hybridized carbons (Fsp3) is 0.909. The smallest absolute Gasteiger partial charge is 0.223 e. The molecule has 1 aliphatic carbocycles. The van der Waals surface area contributed by atoms with Crippen molar-refractivity contribution < 1.29 is 4.79 Å². The zero-order chi connectivity index (χ0) is 10.4. The molecule has 0 spiro atoms. The lowest BCUT2D eigenvalue weighted by atomic mass is 10.1. The van der Waals surface area contributed by atoms with Crippen molar-refractivity contribution in [3.05, 3.63) is 0 Å². The summed E-state index contributed by atoms with van der Waals surface area (Å²) in [6.45, 7) is 3.01. The highest BCUT2D eigenvalue weighted by molar-refractivity contribution is 9.09. The first-order valence-electron chi connectivity index (χ1n) is 5.57. The van der Waals surface area contributed by atoms with Crippen molar-refractivity contribution in [2.75, 3.05) is 11.9 Å². The first-order valence-corrected chi connectivity index (χ1v) is 6.70. The molecule has 0 aliphatic heterocycles. The lowest BCUT2D eigenvalue weighted by Crippen LogP contribution is -2.32. The van der Waals surface area contributed by atoms with E-state index >= 15 is 0 Å². The summed E-state index contributed by atoms with van der Waals surface area (Å²) in [6, 6.07) is 0. The van der Waals surface area contributed by atoms with Gasteiger partial charge >= 0.3 is 0 Å². The Labute approximate surface area is 95.0 Å². The first kappa shape index (κ1) is 12.0. The standard InChI is InChI=1S/C11H20BrNO/c1-9(6-7-12)8-13-11(14)10-4-2-3-5-10/h9-10H,2-8H2,1H3,(H,13,14). The maximum atomic E-state index is 11.6. The van der Waals surface area contributed by atoms with Crippen LogP contribution < -0.4 is 5.32 Å². The van der Waals surface area contributed by atoms with E-state index in [1.54, 1.807) is 0 Å². The molecule has 1 atom stereocenters. The maximum Gasteiger partial charge on any atom is 0.223 e. The Morgan fingerprint density at radius 2 is 2.14 bits per heavy atom. The SMILES string of the molecule is CC(CCBr)CNC(=O)C1CCCC1. The van der Waals surface area contributed by atoms with Crippen molar-refractivity contribution in [2.45, 2.75) is 39.0 Å². The Balaban J connectivity index is 2.13. The molecular formula is C11H20BrNO. The number of alkyl halides is 1. The number of hydrogen-bond donors (Lipinski definition) is 1. The number of hydrogen-bond acceptors (Lipinski definition) is 1. The Kier molecular flexibility index (Phi) is 5.53. The van der Waals surface area contributed by atoms with Crippen molar-refractivity contribution in [1.29, 1.82) is 0 Å². The molecule has 14 heavy (non-hydrogen) atoms. The number of carbonyl (C=O) groups excluding carboxylic acids is 1. The van der Waals surface area contributed by atoms with Gasteiger partial charge in [0.05, 0.1) is 0 Å². The number of halogens is 1. The minimum Gasteiger partial charge on any atom is -0.356 e. The molecule has 1 fully saturated rings. The van der Waals surface area contributed by atoms with E-state index in [1.807, 2.05) is 0 Å². The van der Waals surface area contributed by atoms with E-state index in [1.165, 1.54) is 12.8 Å².